The number of amides is 1. The van der Waals surface area contributed by atoms with Crippen molar-refractivity contribution in [2.24, 2.45) is 4.99 Å². The smallest absolute Gasteiger partial charge is 0.243 e. The molecule has 0 spiro atoms. The van der Waals surface area contributed by atoms with Gasteiger partial charge in [0.2, 0.25) is 5.91 Å². The lowest BCUT2D eigenvalue weighted by molar-refractivity contribution is -0.127. The molecule has 1 unspecified atom stereocenters. The Bertz CT molecular complexity index is 555. The molecule has 1 aromatic carbocycles. The first-order chi connectivity index (χ1) is 11.9. The number of hydrogen-bond acceptors (Lipinski definition) is 4. The number of nitrogens with one attached hydrogen (secondary N) is 2. The lowest BCUT2D eigenvalue weighted by atomic mass is 10.3. The van der Waals surface area contributed by atoms with Crippen molar-refractivity contribution < 1.29 is 14.3 Å². The zero-order chi connectivity index (χ0) is 18.7. The van der Waals surface area contributed by atoms with Crippen molar-refractivity contribution in [3.8, 4) is 5.75 Å². The number of aliphatic imine (C=N–C) groups is 1. The molecule has 0 radical (unpaired) electrons. The summed E-state index contributed by atoms with van der Waals surface area (Å²) in [6, 6.07) is 7.20. The topological polar surface area (TPSA) is 75.2 Å². The van der Waals surface area contributed by atoms with E-state index in [2.05, 4.69) is 15.6 Å². The Morgan fingerprint density at radius 2 is 1.92 bits per heavy atom. The molecular weight excluding hydrogens is 471 g/mol. The van der Waals surface area contributed by atoms with E-state index in [1.807, 2.05) is 19.1 Å². The molecule has 0 saturated carbocycles. The van der Waals surface area contributed by atoms with Gasteiger partial charge in [-0.2, -0.15) is 0 Å². The number of hydrogen-bond donors (Lipinski definition) is 2. The highest BCUT2D eigenvalue weighted by atomic mass is 127. The molecule has 0 bridgehead atoms. The Hall–Kier alpha value is -1.26. The Balaban J connectivity index is 0.00000625. The standard InChI is InChI=1S/C17H27ClN4O3.HI/c1-13(25-15-7-5-14(18)6-8-15)11-20-17(19-9-10-24-4)21-12-16(23)22(2)3;/h5-8,13H,9-12H2,1-4H3,(H2,19,20,21);1H. The first kappa shape index (κ1) is 24.7. The number of carbonyl (C=O) groups excluding carboxylic acids is 1. The van der Waals surface area contributed by atoms with Gasteiger partial charge in [-0.05, 0) is 31.2 Å². The molecule has 1 aromatic rings. The molecule has 26 heavy (non-hydrogen) atoms. The van der Waals surface area contributed by atoms with E-state index in [0.717, 1.165) is 5.75 Å². The summed E-state index contributed by atoms with van der Waals surface area (Å²) < 4.78 is 10.8. The normalized spacial score (nSPS) is 12.0. The van der Waals surface area contributed by atoms with E-state index in [9.17, 15) is 4.79 Å². The molecule has 0 heterocycles. The Labute approximate surface area is 177 Å². The third kappa shape index (κ3) is 10.7. The molecule has 2 N–H and O–H groups in total. The fourth-order valence-corrected chi connectivity index (χ4v) is 1.89. The summed E-state index contributed by atoms with van der Waals surface area (Å²) in [5.74, 6) is 1.21. The van der Waals surface area contributed by atoms with Gasteiger partial charge in [-0.1, -0.05) is 11.6 Å². The van der Waals surface area contributed by atoms with E-state index < -0.39 is 0 Å². The molecule has 0 aliphatic heterocycles. The van der Waals surface area contributed by atoms with Crippen LogP contribution in [0, 0.1) is 0 Å². The molecule has 9 heteroatoms. The van der Waals surface area contributed by atoms with Gasteiger partial charge in [0.15, 0.2) is 5.96 Å². The molecule has 7 nitrogen and oxygen atoms in total. The predicted molar refractivity (Wildman–Crippen MR) is 116 cm³/mol. The van der Waals surface area contributed by atoms with Crippen molar-refractivity contribution in [1.29, 1.82) is 0 Å². The number of rotatable bonds is 9. The second-order valence-electron chi connectivity index (χ2n) is 5.64. The van der Waals surface area contributed by atoms with Crippen LogP contribution in [-0.2, 0) is 9.53 Å². The number of guanidine groups is 1. The number of benzene rings is 1. The number of carbonyl (C=O) groups is 1. The maximum Gasteiger partial charge on any atom is 0.243 e. The lowest BCUT2D eigenvalue weighted by Gasteiger charge is -2.18. The Morgan fingerprint density at radius 1 is 1.27 bits per heavy atom. The maximum atomic E-state index is 11.7. The predicted octanol–water partition coefficient (Wildman–Crippen LogP) is 2.00. The molecule has 1 amide bonds. The van der Waals surface area contributed by atoms with Crippen molar-refractivity contribution >= 4 is 47.4 Å². The minimum atomic E-state index is -0.0971. The van der Waals surface area contributed by atoms with Crippen LogP contribution in [0.25, 0.3) is 0 Å². The van der Waals surface area contributed by atoms with E-state index >= 15 is 0 Å². The van der Waals surface area contributed by atoms with Crippen molar-refractivity contribution in [1.82, 2.24) is 15.5 Å². The summed E-state index contributed by atoms with van der Waals surface area (Å²) in [7, 11) is 5.03. The number of ether oxygens (including phenoxy) is 2. The number of methoxy groups -OCH3 is 1. The Morgan fingerprint density at radius 3 is 2.50 bits per heavy atom. The van der Waals surface area contributed by atoms with Crippen molar-refractivity contribution in [2.45, 2.75) is 13.0 Å². The van der Waals surface area contributed by atoms with Gasteiger partial charge in [0.1, 0.15) is 18.4 Å². The molecule has 0 aliphatic rings. The minimum absolute atomic E-state index is 0. The van der Waals surface area contributed by atoms with Gasteiger partial charge in [-0.3, -0.25) is 4.79 Å². The van der Waals surface area contributed by atoms with E-state index in [-0.39, 0.29) is 42.5 Å². The van der Waals surface area contributed by atoms with Gasteiger partial charge in [0.25, 0.3) is 0 Å². The average Bonchev–Trinajstić information content (AvgIpc) is 2.58. The summed E-state index contributed by atoms with van der Waals surface area (Å²) in [6.07, 6.45) is -0.0971. The van der Waals surface area contributed by atoms with Crippen molar-refractivity contribution in [2.75, 3.05) is 47.4 Å². The maximum absolute atomic E-state index is 11.7. The summed E-state index contributed by atoms with van der Waals surface area (Å²) in [5.41, 5.74) is 0. The van der Waals surface area contributed by atoms with Crippen LogP contribution in [0.2, 0.25) is 5.02 Å². The summed E-state index contributed by atoms with van der Waals surface area (Å²) in [6.45, 7) is 3.67. The van der Waals surface area contributed by atoms with E-state index in [0.29, 0.717) is 30.7 Å². The monoisotopic (exact) mass is 498 g/mol. The van der Waals surface area contributed by atoms with Crippen LogP contribution in [0.5, 0.6) is 5.75 Å². The quantitative estimate of drug-likeness (QED) is 0.236. The van der Waals surface area contributed by atoms with Crippen molar-refractivity contribution in [3.05, 3.63) is 29.3 Å². The van der Waals surface area contributed by atoms with Crippen LogP contribution >= 0.6 is 35.6 Å². The number of halogens is 2. The number of nitrogens with zero attached hydrogens (tertiary/aromatic N) is 2. The van der Waals surface area contributed by atoms with Gasteiger partial charge >= 0.3 is 0 Å². The van der Waals surface area contributed by atoms with E-state index in [1.165, 1.54) is 4.90 Å². The van der Waals surface area contributed by atoms with E-state index in [4.69, 9.17) is 21.1 Å². The zero-order valence-corrected chi connectivity index (χ0v) is 18.7. The molecule has 148 valence electrons. The highest BCUT2D eigenvalue weighted by Crippen LogP contribution is 2.16. The first-order valence-electron chi connectivity index (χ1n) is 8.06. The van der Waals surface area contributed by atoms with Gasteiger partial charge < -0.3 is 25.0 Å². The third-order valence-electron chi connectivity index (χ3n) is 3.18. The average molecular weight is 499 g/mol. The van der Waals surface area contributed by atoms with Gasteiger partial charge in [-0.15, -0.1) is 24.0 Å². The second kappa shape index (κ2) is 13.9. The molecule has 1 atom stereocenters. The molecule has 0 aromatic heterocycles. The van der Waals surface area contributed by atoms with Gasteiger partial charge in [-0.25, -0.2) is 4.99 Å². The van der Waals surface area contributed by atoms with Gasteiger partial charge in [0, 0.05) is 32.8 Å². The van der Waals surface area contributed by atoms with Crippen molar-refractivity contribution in [3.63, 3.8) is 0 Å². The summed E-state index contributed by atoms with van der Waals surface area (Å²) in [4.78, 5) is 17.5. The SMILES string of the molecule is COCCNC(=NCC(=O)N(C)C)NCC(C)Oc1ccc(Cl)cc1.I. The fourth-order valence-electron chi connectivity index (χ4n) is 1.76. The third-order valence-corrected chi connectivity index (χ3v) is 3.43. The minimum Gasteiger partial charge on any atom is -0.489 e. The van der Waals surface area contributed by atoms with Crippen LogP contribution in [0.3, 0.4) is 0 Å². The lowest BCUT2D eigenvalue weighted by Crippen LogP contribution is -2.43. The van der Waals surface area contributed by atoms with Gasteiger partial charge in [0.05, 0.1) is 13.2 Å². The molecule has 1 rings (SSSR count). The molecular formula is C17H28ClIN4O3. The summed E-state index contributed by atoms with van der Waals surface area (Å²) in [5, 5.41) is 6.94. The largest absolute Gasteiger partial charge is 0.489 e. The van der Waals surface area contributed by atoms with Crippen LogP contribution in [0.4, 0.5) is 0 Å². The Kier molecular flexibility index (Phi) is 13.2. The molecule has 0 saturated heterocycles. The zero-order valence-electron chi connectivity index (χ0n) is 15.6. The molecule has 0 aliphatic carbocycles. The molecule has 0 fully saturated rings. The van der Waals surface area contributed by atoms with E-state index in [1.54, 1.807) is 33.3 Å². The van der Waals surface area contributed by atoms with Crippen LogP contribution in [0.15, 0.2) is 29.3 Å². The highest BCUT2D eigenvalue weighted by molar-refractivity contribution is 14.0. The van der Waals surface area contributed by atoms with Crippen LogP contribution < -0.4 is 15.4 Å². The van der Waals surface area contributed by atoms with Crippen LogP contribution in [-0.4, -0.2) is 70.3 Å². The first-order valence-corrected chi connectivity index (χ1v) is 8.43. The van der Waals surface area contributed by atoms with Crippen LogP contribution in [0.1, 0.15) is 6.92 Å². The highest BCUT2D eigenvalue weighted by Gasteiger charge is 2.08. The fraction of sp³-hybridized carbons (Fsp3) is 0.529. The summed E-state index contributed by atoms with van der Waals surface area (Å²) >= 11 is 5.86. The second-order valence-corrected chi connectivity index (χ2v) is 6.07. The number of likely N-dealkylation sites (N-methyl/N-ethyl adjacent to an activating group) is 1.